The first-order valence-corrected chi connectivity index (χ1v) is 5.31. The zero-order chi connectivity index (χ0) is 9.26. The molecule has 1 aromatic carbocycles. The molecule has 0 saturated carbocycles. The zero-order valence-electron chi connectivity index (χ0n) is 7.71. The lowest BCUT2D eigenvalue weighted by Crippen LogP contribution is -2.15. The number of thiophene rings is 1. The van der Waals surface area contributed by atoms with Gasteiger partial charge in [-0.05, 0) is 23.1 Å². The van der Waals surface area contributed by atoms with Crippen LogP contribution in [0.1, 0.15) is 13.3 Å². The minimum absolute atomic E-state index is 1.08. The molecule has 1 aromatic heterocycles. The largest absolute Gasteiger partial charge is 0.136 e. The molecule has 0 aliphatic rings. The molecule has 2 aromatic rings. The van der Waals surface area contributed by atoms with Crippen LogP contribution in [-0.2, 0) is 0 Å². The highest BCUT2D eigenvalue weighted by Gasteiger charge is 1.96. The number of hydrogen-bond acceptors (Lipinski definition) is 1. The predicted octanol–water partition coefficient (Wildman–Crippen LogP) is 2.50. The molecule has 0 saturated heterocycles. The van der Waals surface area contributed by atoms with Gasteiger partial charge in [-0.1, -0.05) is 37.8 Å². The van der Waals surface area contributed by atoms with Gasteiger partial charge in [-0.25, -0.2) is 0 Å². The predicted molar refractivity (Wildman–Crippen MR) is 61.4 cm³/mol. The van der Waals surface area contributed by atoms with E-state index in [4.69, 9.17) is 0 Å². The normalized spacial score (nSPS) is 12.5. The molecule has 0 unspecified atom stereocenters. The van der Waals surface area contributed by atoms with Gasteiger partial charge < -0.3 is 0 Å². The maximum atomic E-state index is 4.11. The molecule has 0 amide bonds. The second-order valence-electron chi connectivity index (χ2n) is 3.05. The molecule has 0 aliphatic carbocycles. The van der Waals surface area contributed by atoms with Crippen LogP contribution in [0.15, 0.2) is 24.3 Å². The van der Waals surface area contributed by atoms with Crippen LogP contribution < -0.4 is 9.75 Å². The molecule has 0 fully saturated rings. The molecule has 0 radical (unpaired) electrons. The summed E-state index contributed by atoms with van der Waals surface area (Å²) in [6.07, 6.45) is 3.32. The van der Waals surface area contributed by atoms with Crippen molar-refractivity contribution in [2.75, 3.05) is 0 Å². The Morgan fingerprint density at radius 1 is 1.38 bits per heavy atom. The molecule has 1 heteroatoms. The smallest absolute Gasteiger partial charge is 0.0355 e. The van der Waals surface area contributed by atoms with Crippen molar-refractivity contribution in [2.45, 2.75) is 13.3 Å². The molecule has 13 heavy (non-hydrogen) atoms. The highest BCUT2D eigenvalue weighted by molar-refractivity contribution is 7.17. The highest BCUT2D eigenvalue weighted by atomic mass is 32.1. The molecule has 0 aliphatic heterocycles. The summed E-state index contributed by atoms with van der Waals surface area (Å²) in [5.74, 6) is 0. The van der Waals surface area contributed by atoms with Gasteiger partial charge in [0.1, 0.15) is 0 Å². The molecule has 0 bridgehead atoms. The second kappa shape index (κ2) is 3.35. The van der Waals surface area contributed by atoms with Gasteiger partial charge in [0.25, 0.3) is 0 Å². The van der Waals surface area contributed by atoms with Crippen LogP contribution in [-0.4, -0.2) is 0 Å². The summed E-state index contributed by atoms with van der Waals surface area (Å²) in [6, 6.07) is 8.44. The van der Waals surface area contributed by atoms with Gasteiger partial charge in [-0.2, -0.15) is 0 Å². The Hall–Kier alpha value is -1.08. The summed E-state index contributed by atoms with van der Waals surface area (Å²) in [5, 5.41) is 2.48. The molecule has 0 atom stereocenters. The Morgan fingerprint density at radius 3 is 2.85 bits per heavy atom. The molecule has 2 rings (SSSR count). The lowest BCUT2D eigenvalue weighted by molar-refractivity contribution is 1.29. The van der Waals surface area contributed by atoms with E-state index in [1.54, 1.807) is 0 Å². The van der Waals surface area contributed by atoms with E-state index in [1.165, 1.54) is 19.8 Å². The number of rotatable bonds is 1. The third-order valence-corrected chi connectivity index (χ3v) is 3.33. The van der Waals surface area contributed by atoms with E-state index in [0.717, 1.165) is 6.42 Å². The first kappa shape index (κ1) is 8.52. The van der Waals surface area contributed by atoms with Crippen LogP contribution in [0.5, 0.6) is 0 Å². The van der Waals surface area contributed by atoms with Crippen molar-refractivity contribution in [1.82, 2.24) is 0 Å². The molecular weight excluding hydrogens is 176 g/mol. The highest BCUT2D eigenvalue weighted by Crippen LogP contribution is 2.11. The molecule has 66 valence electrons. The first-order valence-electron chi connectivity index (χ1n) is 4.49. The average molecular weight is 188 g/mol. The van der Waals surface area contributed by atoms with E-state index in [1.807, 2.05) is 11.3 Å². The average Bonchev–Trinajstić information content (AvgIpc) is 2.46. The van der Waals surface area contributed by atoms with Crippen LogP contribution in [0.25, 0.3) is 22.7 Å². The molecule has 0 spiro atoms. The number of fused-ring (bicyclic) bond motifs is 1. The monoisotopic (exact) mass is 188 g/mol. The standard InChI is InChI=1S/C12H12S/c1-3-6-11-9(2)10-7-4-5-8-12(10)13-11/h4-8H,2-3H2,1H3/b11-6+. The fourth-order valence-corrected chi connectivity index (χ4v) is 2.64. The Kier molecular flexibility index (Phi) is 2.19. The summed E-state index contributed by atoms with van der Waals surface area (Å²) >= 11 is 1.83. The lowest BCUT2D eigenvalue weighted by Gasteiger charge is -1.83. The van der Waals surface area contributed by atoms with E-state index < -0.39 is 0 Å². The van der Waals surface area contributed by atoms with Crippen LogP contribution in [0.3, 0.4) is 0 Å². The lowest BCUT2D eigenvalue weighted by atomic mass is 10.2. The third-order valence-electron chi connectivity index (χ3n) is 2.12. The number of benzene rings is 1. The van der Waals surface area contributed by atoms with Crippen LogP contribution >= 0.6 is 11.3 Å². The Bertz CT molecular complexity index is 520. The first-order chi connectivity index (χ1) is 6.33. The van der Waals surface area contributed by atoms with Crippen molar-refractivity contribution in [3.63, 3.8) is 0 Å². The summed E-state index contributed by atoms with van der Waals surface area (Å²) in [7, 11) is 0. The molecule has 0 N–H and O–H groups in total. The second-order valence-corrected chi connectivity index (χ2v) is 4.14. The van der Waals surface area contributed by atoms with E-state index in [-0.39, 0.29) is 0 Å². The van der Waals surface area contributed by atoms with Crippen LogP contribution in [0, 0.1) is 0 Å². The van der Waals surface area contributed by atoms with Crippen LogP contribution in [0.4, 0.5) is 0 Å². The van der Waals surface area contributed by atoms with E-state index in [2.05, 4.69) is 43.8 Å². The van der Waals surface area contributed by atoms with Gasteiger partial charge in [-0.3, -0.25) is 0 Å². The maximum absolute atomic E-state index is 4.11. The van der Waals surface area contributed by atoms with Crippen molar-refractivity contribution in [3.05, 3.63) is 34.0 Å². The van der Waals surface area contributed by atoms with Crippen molar-refractivity contribution < 1.29 is 0 Å². The summed E-state index contributed by atoms with van der Waals surface area (Å²) in [4.78, 5) is 0. The topological polar surface area (TPSA) is 0 Å². The third kappa shape index (κ3) is 1.40. The van der Waals surface area contributed by atoms with Crippen molar-refractivity contribution >= 4 is 34.1 Å². The fraction of sp³-hybridized carbons (Fsp3) is 0.167. The molecule has 1 heterocycles. The molecule has 0 nitrogen and oxygen atoms in total. The van der Waals surface area contributed by atoms with Gasteiger partial charge in [0.05, 0.1) is 0 Å². The summed E-state index contributed by atoms with van der Waals surface area (Å²) in [6.45, 7) is 6.26. The van der Waals surface area contributed by atoms with E-state index >= 15 is 0 Å². The summed E-state index contributed by atoms with van der Waals surface area (Å²) in [5.41, 5.74) is 0. The molecular formula is C12H12S. The zero-order valence-corrected chi connectivity index (χ0v) is 8.53. The Labute approximate surface area is 81.8 Å². The Balaban J connectivity index is 2.90. The van der Waals surface area contributed by atoms with Gasteiger partial charge in [-0.15, -0.1) is 11.3 Å². The number of hydrogen-bond donors (Lipinski definition) is 0. The SMILES string of the molecule is C=c1/c(=C\CC)sc2ccccc12. The van der Waals surface area contributed by atoms with E-state index in [9.17, 15) is 0 Å². The summed E-state index contributed by atoms with van der Waals surface area (Å²) < 4.78 is 2.66. The quantitative estimate of drug-likeness (QED) is 0.645. The van der Waals surface area contributed by atoms with Crippen molar-refractivity contribution in [3.8, 4) is 0 Å². The van der Waals surface area contributed by atoms with Gasteiger partial charge >= 0.3 is 0 Å². The van der Waals surface area contributed by atoms with Crippen molar-refractivity contribution in [2.24, 2.45) is 0 Å². The van der Waals surface area contributed by atoms with E-state index in [0.29, 0.717) is 0 Å². The van der Waals surface area contributed by atoms with Gasteiger partial charge in [0, 0.05) is 9.23 Å². The minimum atomic E-state index is 1.08. The van der Waals surface area contributed by atoms with Crippen molar-refractivity contribution in [1.29, 1.82) is 0 Å². The fourth-order valence-electron chi connectivity index (χ4n) is 1.47. The van der Waals surface area contributed by atoms with Crippen LogP contribution in [0.2, 0.25) is 0 Å². The maximum Gasteiger partial charge on any atom is 0.0355 e. The van der Waals surface area contributed by atoms with Gasteiger partial charge in [0.15, 0.2) is 0 Å². The minimum Gasteiger partial charge on any atom is -0.136 e. The van der Waals surface area contributed by atoms with Gasteiger partial charge in [0.2, 0.25) is 0 Å². The Morgan fingerprint density at radius 2 is 2.15 bits per heavy atom.